The SMILES string of the molecule is Cc1ccnc(N2CC3CCC(C2)O3)n1. The fourth-order valence-corrected chi connectivity index (χ4v) is 2.37. The summed E-state index contributed by atoms with van der Waals surface area (Å²) in [6, 6.07) is 1.93. The predicted molar refractivity (Wildman–Crippen MR) is 56.9 cm³/mol. The monoisotopic (exact) mass is 205 g/mol. The summed E-state index contributed by atoms with van der Waals surface area (Å²) in [6.45, 7) is 3.89. The molecule has 2 bridgehead atoms. The summed E-state index contributed by atoms with van der Waals surface area (Å²) in [4.78, 5) is 11.0. The molecule has 4 nitrogen and oxygen atoms in total. The predicted octanol–water partition coefficient (Wildman–Crippen LogP) is 1.15. The van der Waals surface area contributed by atoms with Crippen molar-refractivity contribution in [2.45, 2.75) is 32.0 Å². The molecule has 0 aliphatic carbocycles. The van der Waals surface area contributed by atoms with Gasteiger partial charge in [-0.3, -0.25) is 0 Å². The molecule has 0 amide bonds. The van der Waals surface area contributed by atoms with Gasteiger partial charge in [0, 0.05) is 25.0 Å². The first-order chi connectivity index (χ1) is 7.31. The zero-order chi connectivity index (χ0) is 10.3. The van der Waals surface area contributed by atoms with Crippen molar-refractivity contribution in [3.63, 3.8) is 0 Å². The number of aryl methyl sites for hydroxylation is 1. The van der Waals surface area contributed by atoms with E-state index in [1.54, 1.807) is 0 Å². The number of hydrogen-bond donors (Lipinski definition) is 0. The van der Waals surface area contributed by atoms with E-state index in [-0.39, 0.29) is 0 Å². The first-order valence-corrected chi connectivity index (χ1v) is 5.51. The molecule has 0 radical (unpaired) electrons. The minimum Gasteiger partial charge on any atom is -0.371 e. The molecule has 80 valence electrons. The van der Waals surface area contributed by atoms with Gasteiger partial charge in [-0.1, -0.05) is 0 Å². The van der Waals surface area contributed by atoms with Crippen LogP contribution < -0.4 is 4.90 Å². The Balaban J connectivity index is 1.83. The lowest BCUT2D eigenvalue weighted by molar-refractivity contribution is 0.0299. The molecule has 2 aliphatic heterocycles. The zero-order valence-electron chi connectivity index (χ0n) is 8.89. The molecule has 0 aromatic carbocycles. The number of nitrogens with zero attached hydrogens (tertiary/aromatic N) is 3. The molecule has 2 atom stereocenters. The van der Waals surface area contributed by atoms with Crippen LogP contribution in [0.25, 0.3) is 0 Å². The number of anilines is 1. The number of rotatable bonds is 1. The van der Waals surface area contributed by atoms with Crippen LogP contribution in [-0.4, -0.2) is 35.3 Å². The minimum absolute atomic E-state index is 0.396. The van der Waals surface area contributed by atoms with Gasteiger partial charge in [0.05, 0.1) is 12.2 Å². The number of aromatic nitrogens is 2. The summed E-state index contributed by atoms with van der Waals surface area (Å²) in [6.07, 6.45) is 5.00. The van der Waals surface area contributed by atoms with Gasteiger partial charge >= 0.3 is 0 Å². The average molecular weight is 205 g/mol. The van der Waals surface area contributed by atoms with Crippen LogP contribution >= 0.6 is 0 Å². The van der Waals surface area contributed by atoms with Gasteiger partial charge in [0.1, 0.15) is 0 Å². The Morgan fingerprint density at radius 2 is 2.07 bits per heavy atom. The molecule has 2 fully saturated rings. The molecular formula is C11H15N3O. The highest BCUT2D eigenvalue weighted by atomic mass is 16.5. The van der Waals surface area contributed by atoms with Crippen molar-refractivity contribution >= 4 is 5.95 Å². The highest BCUT2D eigenvalue weighted by Crippen LogP contribution is 2.27. The van der Waals surface area contributed by atoms with Crippen LogP contribution in [-0.2, 0) is 4.74 Å². The molecule has 0 saturated carbocycles. The van der Waals surface area contributed by atoms with Crippen molar-refractivity contribution in [3.05, 3.63) is 18.0 Å². The van der Waals surface area contributed by atoms with Crippen molar-refractivity contribution in [2.24, 2.45) is 0 Å². The number of morpholine rings is 1. The largest absolute Gasteiger partial charge is 0.371 e. The lowest BCUT2D eigenvalue weighted by Crippen LogP contribution is -2.43. The van der Waals surface area contributed by atoms with Gasteiger partial charge in [0.25, 0.3) is 0 Å². The molecule has 3 rings (SSSR count). The average Bonchev–Trinajstić information content (AvgIpc) is 2.58. The first kappa shape index (κ1) is 9.09. The smallest absolute Gasteiger partial charge is 0.225 e. The van der Waals surface area contributed by atoms with Gasteiger partial charge in [-0.15, -0.1) is 0 Å². The van der Waals surface area contributed by atoms with Crippen molar-refractivity contribution in [1.82, 2.24) is 9.97 Å². The van der Waals surface area contributed by atoms with E-state index in [1.165, 1.54) is 12.8 Å². The number of hydrogen-bond acceptors (Lipinski definition) is 4. The lowest BCUT2D eigenvalue weighted by Gasteiger charge is -2.32. The van der Waals surface area contributed by atoms with Crippen LogP contribution in [0.15, 0.2) is 12.3 Å². The van der Waals surface area contributed by atoms with E-state index >= 15 is 0 Å². The van der Waals surface area contributed by atoms with E-state index in [1.807, 2.05) is 19.2 Å². The van der Waals surface area contributed by atoms with Crippen LogP contribution in [0.3, 0.4) is 0 Å². The lowest BCUT2D eigenvalue weighted by atomic mass is 10.2. The number of ether oxygens (including phenoxy) is 1. The molecule has 1 aromatic rings. The second kappa shape index (κ2) is 3.45. The maximum absolute atomic E-state index is 5.78. The third-order valence-corrected chi connectivity index (χ3v) is 3.11. The van der Waals surface area contributed by atoms with Crippen LogP contribution in [0.1, 0.15) is 18.5 Å². The molecule has 2 saturated heterocycles. The Kier molecular flexibility index (Phi) is 2.09. The van der Waals surface area contributed by atoms with Crippen molar-refractivity contribution in [1.29, 1.82) is 0 Å². The summed E-state index contributed by atoms with van der Waals surface area (Å²) in [5.74, 6) is 0.857. The summed E-state index contributed by atoms with van der Waals surface area (Å²) in [5, 5.41) is 0. The standard InChI is InChI=1S/C11H15N3O/c1-8-4-5-12-11(13-8)14-6-9-2-3-10(7-14)15-9/h4-5,9-10H,2-3,6-7H2,1H3. The van der Waals surface area contributed by atoms with Crippen LogP contribution in [0.2, 0.25) is 0 Å². The molecule has 0 spiro atoms. The summed E-state index contributed by atoms with van der Waals surface area (Å²) in [5.41, 5.74) is 1.03. The van der Waals surface area contributed by atoms with Crippen LogP contribution in [0.5, 0.6) is 0 Å². The Bertz CT molecular complexity index is 357. The Labute approximate surface area is 89.3 Å². The fourth-order valence-electron chi connectivity index (χ4n) is 2.37. The zero-order valence-corrected chi connectivity index (χ0v) is 8.89. The Hall–Kier alpha value is -1.16. The maximum atomic E-state index is 5.78. The van der Waals surface area contributed by atoms with E-state index in [9.17, 15) is 0 Å². The Morgan fingerprint density at radius 1 is 1.33 bits per heavy atom. The molecule has 3 heterocycles. The third kappa shape index (κ3) is 1.69. The van der Waals surface area contributed by atoms with Gasteiger partial charge in [0.2, 0.25) is 5.95 Å². The van der Waals surface area contributed by atoms with Crippen LogP contribution in [0, 0.1) is 6.92 Å². The summed E-state index contributed by atoms with van der Waals surface area (Å²) in [7, 11) is 0. The van der Waals surface area contributed by atoms with Crippen molar-refractivity contribution in [3.8, 4) is 0 Å². The first-order valence-electron chi connectivity index (χ1n) is 5.51. The fraction of sp³-hybridized carbons (Fsp3) is 0.636. The second-order valence-electron chi connectivity index (χ2n) is 4.36. The molecule has 4 heteroatoms. The van der Waals surface area contributed by atoms with Crippen molar-refractivity contribution < 1.29 is 4.74 Å². The molecule has 15 heavy (non-hydrogen) atoms. The summed E-state index contributed by atoms with van der Waals surface area (Å²) < 4.78 is 5.78. The maximum Gasteiger partial charge on any atom is 0.225 e. The second-order valence-corrected chi connectivity index (χ2v) is 4.36. The summed E-state index contributed by atoms with van der Waals surface area (Å²) >= 11 is 0. The van der Waals surface area contributed by atoms with Gasteiger partial charge in [-0.25, -0.2) is 9.97 Å². The minimum atomic E-state index is 0.396. The van der Waals surface area contributed by atoms with E-state index in [0.29, 0.717) is 12.2 Å². The Morgan fingerprint density at radius 3 is 2.73 bits per heavy atom. The van der Waals surface area contributed by atoms with Gasteiger partial charge < -0.3 is 9.64 Å². The number of fused-ring (bicyclic) bond motifs is 2. The quantitative estimate of drug-likeness (QED) is 0.689. The normalized spacial score (nSPS) is 29.5. The third-order valence-electron chi connectivity index (χ3n) is 3.11. The molecule has 2 aliphatic rings. The van der Waals surface area contributed by atoms with Crippen LogP contribution in [0.4, 0.5) is 5.95 Å². The van der Waals surface area contributed by atoms with E-state index in [0.717, 1.165) is 24.7 Å². The molecule has 0 N–H and O–H groups in total. The highest BCUT2D eigenvalue weighted by molar-refractivity contribution is 5.32. The van der Waals surface area contributed by atoms with Crippen molar-refractivity contribution in [2.75, 3.05) is 18.0 Å². The molecule has 1 aromatic heterocycles. The van der Waals surface area contributed by atoms with Gasteiger partial charge in [-0.2, -0.15) is 0 Å². The topological polar surface area (TPSA) is 38.2 Å². The molecular weight excluding hydrogens is 190 g/mol. The van der Waals surface area contributed by atoms with E-state index in [4.69, 9.17) is 4.74 Å². The van der Waals surface area contributed by atoms with Gasteiger partial charge in [-0.05, 0) is 25.8 Å². The molecule has 2 unspecified atom stereocenters. The van der Waals surface area contributed by atoms with E-state index < -0.39 is 0 Å². The van der Waals surface area contributed by atoms with Gasteiger partial charge in [0.15, 0.2) is 0 Å². The van der Waals surface area contributed by atoms with E-state index in [2.05, 4.69) is 14.9 Å². The highest BCUT2D eigenvalue weighted by Gasteiger charge is 2.34.